The zero-order valence-corrected chi connectivity index (χ0v) is 14.7. The SMILES string of the molecule is Fc1ccc(F)cc1.N=CC=Nc1n[nH]c2c1CN(C1COC[C@@H](N)C1)C2. The summed E-state index contributed by atoms with van der Waals surface area (Å²) in [5.74, 6) is -0.139. The third-order valence-corrected chi connectivity index (χ3v) is 4.46. The fraction of sp³-hybridized carbons (Fsp3) is 0.389. The van der Waals surface area contributed by atoms with Crippen LogP contribution < -0.4 is 5.73 Å². The van der Waals surface area contributed by atoms with Crippen molar-refractivity contribution in [2.45, 2.75) is 31.6 Å². The molecule has 0 radical (unpaired) electrons. The van der Waals surface area contributed by atoms with Crippen molar-refractivity contribution in [3.05, 3.63) is 47.2 Å². The summed E-state index contributed by atoms with van der Waals surface area (Å²) in [4.78, 5) is 6.51. The molecule has 7 nitrogen and oxygen atoms in total. The highest BCUT2D eigenvalue weighted by molar-refractivity contribution is 6.15. The van der Waals surface area contributed by atoms with E-state index in [0.29, 0.717) is 18.5 Å². The highest BCUT2D eigenvalue weighted by atomic mass is 19.1. The van der Waals surface area contributed by atoms with Crippen LogP contribution in [0.5, 0.6) is 0 Å². The van der Waals surface area contributed by atoms with Crippen LogP contribution in [0, 0.1) is 17.0 Å². The molecule has 2 atom stereocenters. The molecule has 0 bridgehead atoms. The lowest BCUT2D eigenvalue weighted by molar-refractivity contribution is 0.00514. The fourth-order valence-electron chi connectivity index (χ4n) is 3.15. The van der Waals surface area contributed by atoms with Crippen molar-refractivity contribution in [1.82, 2.24) is 15.1 Å². The topological polar surface area (TPSA) is 103 Å². The lowest BCUT2D eigenvalue weighted by Crippen LogP contribution is -2.46. The van der Waals surface area contributed by atoms with Crippen molar-refractivity contribution in [2.75, 3.05) is 13.2 Å². The van der Waals surface area contributed by atoms with E-state index >= 15 is 0 Å². The van der Waals surface area contributed by atoms with Gasteiger partial charge in [0.25, 0.3) is 0 Å². The van der Waals surface area contributed by atoms with Crippen molar-refractivity contribution in [2.24, 2.45) is 10.7 Å². The Bertz CT molecular complexity index is 771. The molecule has 1 fully saturated rings. The van der Waals surface area contributed by atoms with Crippen LogP contribution in [-0.2, 0) is 17.8 Å². The van der Waals surface area contributed by atoms with Crippen molar-refractivity contribution in [3.63, 3.8) is 0 Å². The molecule has 1 aromatic heterocycles. The van der Waals surface area contributed by atoms with E-state index < -0.39 is 11.6 Å². The van der Waals surface area contributed by atoms with E-state index in [2.05, 4.69) is 20.1 Å². The molecule has 144 valence electrons. The van der Waals surface area contributed by atoms with E-state index in [9.17, 15) is 8.78 Å². The molecular weight excluding hydrogens is 354 g/mol. The molecule has 2 aliphatic heterocycles. The molecule has 0 saturated carbocycles. The number of aliphatic imine (C=N–C) groups is 1. The molecule has 0 amide bonds. The van der Waals surface area contributed by atoms with E-state index in [1.165, 1.54) is 6.21 Å². The quantitative estimate of drug-likeness (QED) is 0.714. The van der Waals surface area contributed by atoms with E-state index in [1.807, 2.05) is 0 Å². The lowest BCUT2D eigenvalue weighted by Gasteiger charge is -2.33. The van der Waals surface area contributed by atoms with Crippen molar-refractivity contribution < 1.29 is 13.5 Å². The number of halogens is 2. The van der Waals surface area contributed by atoms with Crippen molar-refractivity contribution in [1.29, 1.82) is 5.41 Å². The first-order valence-electron chi connectivity index (χ1n) is 8.64. The number of nitrogens with two attached hydrogens (primary N) is 1. The molecule has 9 heteroatoms. The number of rotatable bonds is 3. The zero-order chi connectivity index (χ0) is 19.2. The summed E-state index contributed by atoms with van der Waals surface area (Å²) in [5.41, 5.74) is 8.18. The molecule has 3 heterocycles. The van der Waals surface area contributed by atoms with Gasteiger partial charge in [-0.15, -0.1) is 0 Å². The van der Waals surface area contributed by atoms with Crippen molar-refractivity contribution in [3.8, 4) is 0 Å². The maximum atomic E-state index is 11.9. The Morgan fingerprint density at radius 2 is 1.93 bits per heavy atom. The predicted molar refractivity (Wildman–Crippen MR) is 98.3 cm³/mol. The molecular formula is C18H22F2N6O. The Balaban J connectivity index is 0.000000221. The third-order valence-electron chi connectivity index (χ3n) is 4.46. The van der Waals surface area contributed by atoms with Gasteiger partial charge in [-0.25, -0.2) is 13.8 Å². The number of nitrogens with zero attached hydrogens (tertiary/aromatic N) is 3. The zero-order valence-electron chi connectivity index (χ0n) is 14.7. The lowest BCUT2D eigenvalue weighted by atomic mass is 10.1. The Kier molecular flexibility index (Phi) is 6.38. The second-order valence-corrected chi connectivity index (χ2v) is 6.48. The monoisotopic (exact) mass is 376 g/mol. The molecule has 4 N–H and O–H groups in total. The van der Waals surface area contributed by atoms with Gasteiger partial charge in [0.05, 0.1) is 18.9 Å². The molecule has 2 aliphatic rings. The maximum absolute atomic E-state index is 11.9. The normalized spacial score (nSPS) is 22.3. The molecule has 4 rings (SSSR count). The van der Waals surface area contributed by atoms with Gasteiger partial charge in [0.1, 0.15) is 11.6 Å². The molecule has 27 heavy (non-hydrogen) atoms. The first-order valence-corrected chi connectivity index (χ1v) is 8.64. The van der Waals surface area contributed by atoms with Gasteiger partial charge in [-0.3, -0.25) is 10.00 Å². The second kappa shape index (κ2) is 8.94. The predicted octanol–water partition coefficient (Wildman–Crippen LogP) is 2.16. The van der Waals surface area contributed by atoms with Gasteiger partial charge in [0.2, 0.25) is 0 Å². The fourth-order valence-corrected chi connectivity index (χ4v) is 3.15. The number of aromatic nitrogens is 2. The Morgan fingerprint density at radius 3 is 2.56 bits per heavy atom. The summed E-state index contributed by atoms with van der Waals surface area (Å²) in [6.07, 6.45) is 3.57. The number of nitrogens with one attached hydrogen (secondary N) is 2. The number of fused-ring (bicyclic) bond motifs is 1. The second-order valence-electron chi connectivity index (χ2n) is 6.48. The highest BCUT2D eigenvalue weighted by Crippen LogP contribution is 2.31. The van der Waals surface area contributed by atoms with Crippen LogP contribution >= 0.6 is 0 Å². The Morgan fingerprint density at radius 1 is 1.22 bits per heavy atom. The minimum atomic E-state index is -0.411. The molecule has 1 saturated heterocycles. The van der Waals surface area contributed by atoms with Crippen LogP contribution in [0.3, 0.4) is 0 Å². The molecule has 1 aromatic carbocycles. The van der Waals surface area contributed by atoms with Gasteiger partial charge in [-0.05, 0) is 30.7 Å². The number of benzene rings is 1. The van der Waals surface area contributed by atoms with Gasteiger partial charge in [0.15, 0.2) is 5.82 Å². The van der Waals surface area contributed by atoms with Crippen LogP contribution in [0.15, 0.2) is 29.3 Å². The number of H-pyrrole nitrogens is 1. The van der Waals surface area contributed by atoms with Crippen LogP contribution in [0.2, 0.25) is 0 Å². The van der Waals surface area contributed by atoms with E-state index in [1.54, 1.807) is 0 Å². The van der Waals surface area contributed by atoms with Crippen LogP contribution in [0.25, 0.3) is 0 Å². The number of hydrogen-bond donors (Lipinski definition) is 3. The van der Waals surface area contributed by atoms with Gasteiger partial charge < -0.3 is 15.9 Å². The van der Waals surface area contributed by atoms with E-state index in [0.717, 1.165) is 67.9 Å². The standard InChI is InChI=1S/C12H18N6O.C6H4F2/c13-1-2-15-12-10-4-18(5-11(10)16-17-12)9-3-8(14)6-19-7-9;7-5-1-2-6(8)4-3-5/h1-2,8-9,13H,3-7,14H2,(H,16,17);1-4H/t8-,9?;/m0./s1. The Hall–Kier alpha value is -2.49. The number of aromatic amines is 1. The number of hydrogen-bond acceptors (Lipinski definition) is 6. The average molecular weight is 376 g/mol. The summed E-state index contributed by atoms with van der Waals surface area (Å²) in [6, 6.07) is 4.81. The summed E-state index contributed by atoms with van der Waals surface area (Å²) < 4.78 is 29.4. The van der Waals surface area contributed by atoms with E-state index in [4.69, 9.17) is 15.9 Å². The van der Waals surface area contributed by atoms with Crippen LogP contribution in [0.4, 0.5) is 14.6 Å². The molecule has 1 unspecified atom stereocenters. The number of ether oxygens (including phenoxy) is 1. The third kappa shape index (κ3) is 5.03. The highest BCUT2D eigenvalue weighted by Gasteiger charge is 2.32. The molecule has 2 aromatic rings. The van der Waals surface area contributed by atoms with Gasteiger partial charge >= 0.3 is 0 Å². The Labute approximate surface area is 155 Å². The maximum Gasteiger partial charge on any atom is 0.178 e. The van der Waals surface area contributed by atoms with Gasteiger partial charge in [0, 0.05) is 43.2 Å². The minimum absolute atomic E-state index is 0.131. The summed E-state index contributed by atoms with van der Waals surface area (Å²) in [6.45, 7) is 3.05. The minimum Gasteiger partial charge on any atom is -0.378 e. The molecule has 0 spiro atoms. The van der Waals surface area contributed by atoms with E-state index in [-0.39, 0.29) is 6.04 Å². The first kappa shape index (κ1) is 19.3. The van der Waals surface area contributed by atoms with Crippen LogP contribution in [0.1, 0.15) is 17.7 Å². The van der Waals surface area contributed by atoms with Gasteiger partial charge in [-0.2, -0.15) is 5.10 Å². The van der Waals surface area contributed by atoms with Crippen LogP contribution in [-0.4, -0.2) is 52.8 Å². The first-order chi connectivity index (χ1) is 13.1. The summed E-state index contributed by atoms with van der Waals surface area (Å²) in [5, 5.41) is 14.2. The molecule has 0 aliphatic carbocycles. The largest absolute Gasteiger partial charge is 0.378 e. The van der Waals surface area contributed by atoms with Gasteiger partial charge in [-0.1, -0.05) is 0 Å². The smallest absolute Gasteiger partial charge is 0.178 e. The summed E-state index contributed by atoms with van der Waals surface area (Å²) >= 11 is 0. The summed E-state index contributed by atoms with van der Waals surface area (Å²) in [7, 11) is 0. The average Bonchev–Trinajstić information content (AvgIpc) is 3.24. The van der Waals surface area contributed by atoms with Crippen molar-refractivity contribution >= 4 is 18.2 Å².